The minimum Gasteiger partial charge on any atom is -0.464 e. The van der Waals surface area contributed by atoms with Crippen LogP contribution < -0.4 is 0 Å². The summed E-state index contributed by atoms with van der Waals surface area (Å²) in [6, 6.07) is 46.1. The third-order valence-electron chi connectivity index (χ3n) is 8.96. The van der Waals surface area contributed by atoms with Crippen LogP contribution in [-0.4, -0.2) is 0 Å². The quantitative estimate of drug-likeness (QED) is 0.195. The normalized spacial score (nSPS) is 12.2. The highest BCUT2D eigenvalue weighted by Gasteiger charge is 2.19. The second-order valence-electron chi connectivity index (χ2n) is 11.2. The summed E-state index contributed by atoms with van der Waals surface area (Å²) in [5.41, 5.74) is 7.49. The number of thiophene rings is 1. The van der Waals surface area contributed by atoms with Crippen LogP contribution in [0, 0.1) is 0 Å². The van der Waals surface area contributed by atoms with Gasteiger partial charge < -0.3 is 8.83 Å². The molecule has 0 N–H and O–H groups in total. The molecule has 0 aliphatic heterocycles. The first-order valence-electron chi connectivity index (χ1n) is 14.5. The maximum absolute atomic E-state index is 6.51. The summed E-state index contributed by atoms with van der Waals surface area (Å²) in [6.07, 6.45) is 1.72. The van der Waals surface area contributed by atoms with Gasteiger partial charge in [0.1, 0.15) is 16.7 Å². The Hall–Kier alpha value is -5.38. The highest BCUT2D eigenvalue weighted by atomic mass is 32.1. The van der Waals surface area contributed by atoms with E-state index < -0.39 is 0 Å². The summed E-state index contributed by atoms with van der Waals surface area (Å²) in [5, 5.41) is 10.8. The number of hydrogen-bond acceptors (Lipinski definition) is 3. The van der Waals surface area contributed by atoms with Crippen molar-refractivity contribution < 1.29 is 8.83 Å². The summed E-state index contributed by atoms with van der Waals surface area (Å²) in [4.78, 5) is 0. The van der Waals surface area contributed by atoms with Gasteiger partial charge in [0.25, 0.3) is 0 Å². The number of rotatable bonds is 2. The predicted octanol–water partition coefficient (Wildman–Crippen LogP) is 12.3. The Kier molecular flexibility index (Phi) is 4.63. The van der Waals surface area contributed by atoms with Crippen molar-refractivity contribution >= 4 is 86.0 Å². The maximum Gasteiger partial charge on any atom is 0.146 e. The topological polar surface area (TPSA) is 26.3 Å². The SMILES string of the molecule is c1ccc2c(c1)sc1ccc(-c3c4ccccc4c(-c4ccc5c(c4)oc4c6ccoc6ccc54)c4ccccc34)cc12. The molecule has 0 bridgehead atoms. The van der Waals surface area contributed by atoms with Crippen molar-refractivity contribution in [2.24, 2.45) is 0 Å². The van der Waals surface area contributed by atoms with Gasteiger partial charge in [0, 0.05) is 30.9 Å². The lowest BCUT2D eigenvalue weighted by molar-refractivity contribution is 0.615. The fraction of sp³-hybridized carbons (Fsp3) is 0. The van der Waals surface area contributed by atoms with Gasteiger partial charge in [0.15, 0.2) is 0 Å². The zero-order valence-electron chi connectivity index (χ0n) is 22.9. The van der Waals surface area contributed by atoms with E-state index in [1.807, 2.05) is 23.5 Å². The summed E-state index contributed by atoms with van der Waals surface area (Å²) < 4.78 is 14.8. The molecule has 200 valence electrons. The van der Waals surface area contributed by atoms with Crippen molar-refractivity contribution in [1.29, 1.82) is 0 Å². The van der Waals surface area contributed by atoms with E-state index >= 15 is 0 Å². The molecule has 0 spiro atoms. The van der Waals surface area contributed by atoms with Crippen LogP contribution in [0.3, 0.4) is 0 Å². The standard InChI is InChI=1S/C40H22O2S/c1-3-10-29-27(8-1)38(23-14-18-37-33(21-23)26-7-5-6-12-36(26)43-37)28-9-2-4-11-30(28)39(29)24-13-15-25-31-16-17-34-32(19-20-41-34)40(31)42-35(25)22-24/h1-22H. The van der Waals surface area contributed by atoms with Crippen LogP contribution in [0.25, 0.3) is 96.9 Å². The largest absolute Gasteiger partial charge is 0.464 e. The van der Waals surface area contributed by atoms with E-state index in [9.17, 15) is 0 Å². The molecule has 10 aromatic rings. The third kappa shape index (κ3) is 3.23. The first-order chi connectivity index (χ1) is 21.3. The van der Waals surface area contributed by atoms with Crippen molar-refractivity contribution in [2.75, 3.05) is 0 Å². The van der Waals surface area contributed by atoms with Gasteiger partial charge in [-0.1, -0.05) is 78.9 Å². The number of fused-ring (bicyclic) bond motifs is 10. The van der Waals surface area contributed by atoms with Crippen molar-refractivity contribution in [3.8, 4) is 22.3 Å². The van der Waals surface area contributed by atoms with Crippen LogP contribution in [0.4, 0.5) is 0 Å². The van der Waals surface area contributed by atoms with E-state index in [2.05, 4.69) is 115 Å². The molecule has 0 radical (unpaired) electrons. The van der Waals surface area contributed by atoms with Gasteiger partial charge in [-0.3, -0.25) is 0 Å². The molecule has 7 aromatic carbocycles. The Morgan fingerprint density at radius 2 is 1.00 bits per heavy atom. The first kappa shape index (κ1) is 23.2. The molecule has 3 heterocycles. The van der Waals surface area contributed by atoms with Crippen LogP contribution in [0.1, 0.15) is 0 Å². The Balaban J connectivity index is 1.27. The summed E-state index contributed by atoms with van der Waals surface area (Å²) in [5.74, 6) is 0. The molecular weight excluding hydrogens is 545 g/mol. The van der Waals surface area contributed by atoms with Gasteiger partial charge >= 0.3 is 0 Å². The fourth-order valence-electron chi connectivity index (χ4n) is 7.07. The van der Waals surface area contributed by atoms with E-state index in [4.69, 9.17) is 8.83 Å². The summed E-state index contributed by atoms with van der Waals surface area (Å²) >= 11 is 1.86. The van der Waals surface area contributed by atoms with E-state index in [-0.39, 0.29) is 0 Å². The number of hydrogen-bond donors (Lipinski definition) is 0. The van der Waals surface area contributed by atoms with Gasteiger partial charge in [0.05, 0.1) is 11.6 Å². The molecule has 0 aliphatic rings. The van der Waals surface area contributed by atoms with Gasteiger partial charge in [-0.05, 0) is 92.3 Å². The average Bonchev–Trinajstić information content (AvgIpc) is 3.78. The molecular formula is C40H22O2S. The highest BCUT2D eigenvalue weighted by Crippen LogP contribution is 2.46. The number of benzene rings is 7. The lowest BCUT2D eigenvalue weighted by atomic mass is 9.85. The molecule has 0 saturated carbocycles. The van der Waals surface area contributed by atoms with Crippen LogP contribution >= 0.6 is 11.3 Å². The molecule has 3 aromatic heterocycles. The molecule has 10 rings (SSSR count). The maximum atomic E-state index is 6.51. The van der Waals surface area contributed by atoms with Crippen molar-refractivity contribution in [2.45, 2.75) is 0 Å². The smallest absolute Gasteiger partial charge is 0.146 e. The number of furan rings is 2. The van der Waals surface area contributed by atoms with Crippen LogP contribution in [0.15, 0.2) is 142 Å². The Morgan fingerprint density at radius 3 is 1.74 bits per heavy atom. The van der Waals surface area contributed by atoms with Gasteiger partial charge in [-0.25, -0.2) is 0 Å². The minimum atomic E-state index is 0.841. The van der Waals surface area contributed by atoms with Crippen LogP contribution in [-0.2, 0) is 0 Å². The molecule has 0 atom stereocenters. The van der Waals surface area contributed by atoms with E-state index in [1.165, 1.54) is 58.4 Å². The van der Waals surface area contributed by atoms with Gasteiger partial charge in [0.2, 0.25) is 0 Å². The molecule has 3 heteroatoms. The summed E-state index contributed by atoms with van der Waals surface area (Å²) in [6.45, 7) is 0. The Bertz CT molecular complexity index is 2680. The second kappa shape index (κ2) is 8.57. The lowest BCUT2D eigenvalue weighted by Gasteiger charge is -2.18. The second-order valence-corrected chi connectivity index (χ2v) is 12.3. The van der Waals surface area contributed by atoms with Crippen molar-refractivity contribution in [1.82, 2.24) is 0 Å². The molecule has 43 heavy (non-hydrogen) atoms. The van der Waals surface area contributed by atoms with Crippen LogP contribution in [0.5, 0.6) is 0 Å². The lowest BCUT2D eigenvalue weighted by Crippen LogP contribution is -1.90. The van der Waals surface area contributed by atoms with Gasteiger partial charge in [-0.2, -0.15) is 0 Å². The highest BCUT2D eigenvalue weighted by molar-refractivity contribution is 7.25. The molecule has 0 fully saturated rings. The minimum absolute atomic E-state index is 0.841. The molecule has 0 unspecified atom stereocenters. The first-order valence-corrected chi connectivity index (χ1v) is 15.3. The molecule has 2 nitrogen and oxygen atoms in total. The summed E-state index contributed by atoms with van der Waals surface area (Å²) in [7, 11) is 0. The molecule has 0 saturated heterocycles. The van der Waals surface area contributed by atoms with E-state index in [0.717, 1.165) is 38.5 Å². The Labute approximate surface area is 250 Å². The zero-order chi connectivity index (χ0) is 28.1. The molecule has 0 amide bonds. The average molecular weight is 567 g/mol. The van der Waals surface area contributed by atoms with Crippen LogP contribution in [0.2, 0.25) is 0 Å². The van der Waals surface area contributed by atoms with E-state index in [0.29, 0.717) is 0 Å². The fourth-order valence-corrected chi connectivity index (χ4v) is 8.15. The predicted molar refractivity (Wildman–Crippen MR) is 182 cm³/mol. The molecule has 0 aliphatic carbocycles. The van der Waals surface area contributed by atoms with Gasteiger partial charge in [-0.15, -0.1) is 11.3 Å². The Morgan fingerprint density at radius 1 is 0.395 bits per heavy atom. The monoisotopic (exact) mass is 566 g/mol. The van der Waals surface area contributed by atoms with Crippen molar-refractivity contribution in [3.63, 3.8) is 0 Å². The van der Waals surface area contributed by atoms with Crippen molar-refractivity contribution in [3.05, 3.63) is 134 Å². The van der Waals surface area contributed by atoms with E-state index in [1.54, 1.807) is 6.26 Å². The third-order valence-corrected chi connectivity index (χ3v) is 10.1. The zero-order valence-corrected chi connectivity index (χ0v) is 23.7.